The van der Waals surface area contributed by atoms with Gasteiger partial charge in [-0.05, 0) is 18.4 Å². The molecule has 0 bridgehead atoms. The normalized spacial score (nSPS) is 25.4. The summed E-state index contributed by atoms with van der Waals surface area (Å²) in [6.07, 6.45) is 0. The molecule has 0 aliphatic carbocycles. The predicted molar refractivity (Wildman–Crippen MR) is 63.1 cm³/mol. The fraction of sp³-hybridized carbons (Fsp3) is 0.500. The van der Waals surface area contributed by atoms with Gasteiger partial charge < -0.3 is 4.74 Å². The fourth-order valence-electron chi connectivity index (χ4n) is 1.46. The van der Waals surface area contributed by atoms with Crippen molar-refractivity contribution in [3.05, 3.63) is 22.4 Å². The Kier molecular flexibility index (Phi) is 3.66. The van der Waals surface area contributed by atoms with Gasteiger partial charge in [-0.3, -0.25) is 10.1 Å². The highest BCUT2D eigenvalue weighted by atomic mass is 32.2. The molecule has 0 unspecified atom stereocenters. The number of ether oxygens (including phenoxy) is 1. The maximum atomic E-state index is 11.5. The largest absolute Gasteiger partial charge is 0.465 e. The van der Waals surface area contributed by atoms with Gasteiger partial charge >= 0.3 is 5.97 Å². The zero-order valence-corrected chi connectivity index (χ0v) is 10.1. The molecule has 82 valence electrons. The molecule has 2 rings (SSSR count). The van der Waals surface area contributed by atoms with E-state index in [0.717, 1.165) is 5.75 Å². The first-order valence-electron chi connectivity index (χ1n) is 4.89. The first kappa shape index (κ1) is 11.0. The number of nitrogens with one attached hydrogen (secondary N) is 1. The Morgan fingerprint density at radius 1 is 1.73 bits per heavy atom. The van der Waals surface area contributed by atoms with E-state index < -0.39 is 0 Å². The molecule has 1 saturated heterocycles. The van der Waals surface area contributed by atoms with Gasteiger partial charge in [0, 0.05) is 10.6 Å². The molecule has 1 aromatic rings. The van der Waals surface area contributed by atoms with Gasteiger partial charge in [0.15, 0.2) is 0 Å². The number of thioether (sulfide) groups is 1. The van der Waals surface area contributed by atoms with Crippen molar-refractivity contribution in [2.45, 2.75) is 18.3 Å². The lowest BCUT2D eigenvalue weighted by molar-refractivity contribution is -0.144. The Hall–Kier alpha value is -0.520. The van der Waals surface area contributed by atoms with E-state index in [2.05, 4.69) is 16.8 Å². The second-order valence-electron chi connectivity index (χ2n) is 3.20. The highest BCUT2D eigenvalue weighted by molar-refractivity contribution is 7.99. The van der Waals surface area contributed by atoms with Gasteiger partial charge in [0.05, 0.1) is 12.0 Å². The van der Waals surface area contributed by atoms with Crippen LogP contribution >= 0.6 is 23.1 Å². The standard InChI is InChI=1S/C10H13NO2S2/c1-2-13-10(12)7-6-15-9(11-7)8-4-3-5-14-8/h3-5,7,9,11H,2,6H2,1H3/t7-,9-/m1/s1. The van der Waals surface area contributed by atoms with Crippen LogP contribution in [-0.2, 0) is 9.53 Å². The minimum absolute atomic E-state index is 0.135. The minimum Gasteiger partial charge on any atom is -0.465 e. The van der Waals surface area contributed by atoms with Crippen LogP contribution < -0.4 is 5.32 Å². The molecule has 1 N–H and O–H groups in total. The molecule has 1 aliphatic heterocycles. The molecule has 0 aromatic carbocycles. The van der Waals surface area contributed by atoms with E-state index >= 15 is 0 Å². The molecule has 3 nitrogen and oxygen atoms in total. The Bertz CT molecular complexity index is 326. The first-order chi connectivity index (χ1) is 7.31. The zero-order valence-electron chi connectivity index (χ0n) is 8.43. The van der Waals surface area contributed by atoms with Crippen LogP contribution in [0.3, 0.4) is 0 Å². The van der Waals surface area contributed by atoms with Crippen LogP contribution in [0.15, 0.2) is 17.5 Å². The van der Waals surface area contributed by atoms with E-state index in [4.69, 9.17) is 4.74 Å². The summed E-state index contributed by atoms with van der Waals surface area (Å²) in [5, 5.41) is 5.58. The van der Waals surface area contributed by atoms with Crippen molar-refractivity contribution in [2.75, 3.05) is 12.4 Å². The number of carbonyl (C=O) groups is 1. The number of rotatable bonds is 3. The van der Waals surface area contributed by atoms with Gasteiger partial charge in [-0.2, -0.15) is 0 Å². The number of hydrogen-bond donors (Lipinski definition) is 1. The number of hydrogen-bond acceptors (Lipinski definition) is 5. The first-order valence-corrected chi connectivity index (χ1v) is 6.81. The smallest absolute Gasteiger partial charge is 0.324 e. The third kappa shape index (κ3) is 2.53. The van der Waals surface area contributed by atoms with E-state index in [0.29, 0.717) is 6.61 Å². The summed E-state index contributed by atoms with van der Waals surface area (Å²) in [6, 6.07) is 3.96. The van der Waals surface area contributed by atoms with E-state index in [-0.39, 0.29) is 17.4 Å². The summed E-state index contributed by atoms with van der Waals surface area (Å²) in [7, 11) is 0. The Morgan fingerprint density at radius 3 is 3.27 bits per heavy atom. The predicted octanol–water partition coefficient (Wildman–Crippen LogP) is 2.01. The van der Waals surface area contributed by atoms with Gasteiger partial charge in [0.2, 0.25) is 0 Å². The summed E-state index contributed by atoms with van der Waals surface area (Å²) in [4.78, 5) is 12.7. The lowest BCUT2D eigenvalue weighted by Gasteiger charge is -2.10. The van der Waals surface area contributed by atoms with Gasteiger partial charge in [0.25, 0.3) is 0 Å². The lowest BCUT2D eigenvalue weighted by Crippen LogP contribution is -2.35. The average molecular weight is 243 g/mol. The molecule has 0 radical (unpaired) electrons. The maximum absolute atomic E-state index is 11.5. The van der Waals surface area contributed by atoms with Crippen LogP contribution in [0.5, 0.6) is 0 Å². The molecule has 5 heteroatoms. The van der Waals surface area contributed by atoms with Gasteiger partial charge in [-0.1, -0.05) is 6.07 Å². The molecule has 2 atom stereocenters. The van der Waals surface area contributed by atoms with Crippen molar-refractivity contribution in [1.82, 2.24) is 5.32 Å². The van der Waals surface area contributed by atoms with Gasteiger partial charge in [-0.15, -0.1) is 23.1 Å². The zero-order chi connectivity index (χ0) is 10.7. The SMILES string of the molecule is CCOC(=O)[C@H]1CS[C@H](c2cccs2)N1. The maximum Gasteiger partial charge on any atom is 0.324 e. The van der Waals surface area contributed by atoms with Gasteiger partial charge in [-0.25, -0.2) is 0 Å². The van der Waals surface area contributed by atoms with Crippen LogP contribution in [0.25, 0.3) is 0 Å². The van der Waals surface area contributed by atoms with E-state index in [9.17, 15) is 4.79 Å². The molecule has 15 heavy (non-hydrogen) atoms. The molecule has 1 fully saturated rings. The molecular weight excluding hydrogens is 230 g/mol. The van der Waals surface area contributed by atoms with Gasteiger partial charge in [0.1, 0.15) is 6.04 Å². The minimum atomic E-state index is -0.151. The van der Waals surface area contributed by atoms with Crippen LogP contribution in [0.1, 0.15) is 17.2 Å². The van der Waals surface area contributed by atoms with E-state index in [1.807, 2.05) is 13.0 Å². The summed E-state index contributed by atoms with van der Waals surface area (Å²) < 4.78 is 4.98. The number of thiophene rings is 1. The van der Waals surface area contributed by atoms with E-state index in [1.165, 1.54) is 4.88 Å². The van der Waals surface area contributed by atoms with Crippen molar-refractivity contribution in [3.63, 3.8) is 0 Å². The monoisotopic (exact) mass is 243 g/mol. The average Bonchev–Trinajstić information content (AvgIpc) is 2.89. The third-order valence-electron chi connectivity index (χ3n) is 2.15. The molecule has 0 amide bonds. The molecule has 0 spiro atoms. The van der Waals surface area contributed by atoms with Crippen LogP contribution in [-0.4, -0.2) is 24.4 Å². The van der Waals surface area contributed by atoms with Crippen molar-refractivity contribution in [1.29, 1.82) is 0 Å². The summed E-state index contributed by atoms with van der Waals surface area (Å²) in [5.74, 6) is 0.658. The van der Waals surface area contributed by atoms with Crippen LogP contribution in [0, 0.1) is 0 Å². The van der Waals surface area contributed by atoms with E-state index in [1.54, 1.807) is 23.1 Å². The molecular formula is C10H13NO2S2. The quantitative estimate of drug-likeness (QED) is 0.824. The van der Waals surface area contributed by atoms with Crippen molar-refractivity contribution >= 4 is 29.1 Å². The summed E-state index contributed by atoms with van der Waals surface area (Å²) in [5.41, 5.74) is 0. The summed E-state index contributed by atoms with van der Waals surface area (Å²) >= 11 is 3.47. The molecule has 0 saturated carbocycles. The third-order valence-corrected chi connectivity index (χ3v) is 4.49. The number of esters is 1. The second-order valence-corrected chi connectivity index (χ2v) is 5.32. The highest BCUT2D eigenvalue weighted by Gasteiger charge is 2.31. The second kappa shape index (κ2) is 5.01. The summed E-state index contributed by atoms with van der Waals surface area (Å²) in [6.45, 7) is 2.28. The molecule has 1 aliphatic rings. The Labute approximate surface area is 97.2 Å². The van der Waals surface area contributed by atoms with Crippen LogP contribution in [0.4, 0.5) is 0 Å². The topological polar surface area (TPSA) is 38.3 Å². The fourth-order valence-corrected chi connectivity index (χ4v) is 3.61. The Balaban J connectivity index is 1.92. The van der Waals surface area contributed by atoms with Crippen molar-refractivity contribution in [2.24, 2.45) is 0 Å². The van der Waals surface area contributed by atoms with Crippen LogP contribution in [0.2, 0.25) is 0 Å². The van der Waals surface area contributed by atoms with Crippen molar-refractivity contribution < 1.29 is 9.53 Å². The highest BCUT2D eigenvalue weighted by Crippen LogP contribution is 2.35. The molecule has 1 aromatic heterocycles. The Morgan fingerprint density at radius 2 is 2.60 bits per heavy atom. The van der Waals surface area contributed by atoms with Crippen molar-refractivity contribution in [3.8, 4) is 0 Å². The number of carbonyl (C=O) groups excluding carboxylic acids is 1. The molecule has 2 heterocycles. The lowest BCUT2D eigenvalue weighted by atomic mass is 10.3.